The molecular formula is C18H19N5O3. The smallest absolute Gasteiger partial charge is 0.289 e. The van der Waals surface area contributed by atoms with Crippen molar-refractivity contribution in [3.05, 3.63) is 47.6 Å². The van der Waals surface area contributed by atoms with Crippen LogP contribution in [0.25, 0.3) is 11.1 Å². The minimum atomic E-state index is -0.451. The molecule has 4 heterocycles. The van der Waals surface area contributed by atoms with Gasteiger partial charge in [0.25, 0.3) is 5.91 Å². The number of fused-ring (bicyclic) bond motifs is 1. The third-order valence-corrected chi connectivity index (χ3v) is 4.85. The van der Waals surface area contributed by atoms with Crippen molar-refractivity contribution in [1.82, 2.24) is 19.7 Å². The minimum Gasteiger partial charge on any atom is -0.449 e. The molecule has 134 valence electrons. The number of aryl methyl sites for hydroxylation is 2. The lowest BCUT2D eigenvalue weighted by Gasteiger charge is -2.14. The molecule has 3 aromatic rings. The van der Waals surface area contributed by atoms with Crippen LogP contribution in [0.3, 0.4) is 0 Å². The van der Waals surface area contributed by atoms with Crippen LogP contribution in [0.1, 0.15) is 27.7 Å². The number of nitrogens with zero attached hydrogens (tertiary/aromatic N) is 4. The molecule has 0 spiro atoms. The highest BCUT2D eigenvalue weighted by atomic mass is 16.3. The highest BCUT2D eigenvalue weighted by Gasteiger charge is 2.40. The van der Waals surface area contributed by atoms with Gasteiger partial charge in [-0.3, -0.25) is 14.3 Å². The van der Waals surface area contributed by atoms with Gasteiger partial charge in [0.15, 0.2) is 11.3 Å². The number of hydrogen-bond acceptors (Lipinski definition) is 5. The van der Waals surface area contributed by atoms with Crippen molar-refractivity contribution >= 4 is 22.9 Å². The monoisotopic (exact) mass is 353 g/mol. The number of aromatic nitrogens is 3. The largest absolute Gasteiger partial charge is 0.449 e. The first-order valence-electron chi connectivity index (χ1n) is 8.36. The summed E-state index contributed by atoms with van der Waals surface area (Å²) in [6.07, 6.45) is 3.56. The lowest BCUT2D eigenvalue weighted by Crippen LogP contribution is -2.31. The van der Waals surface area contributed by atoms with Crippen molar-refractivity contribution in [1.29, 1.82) is 0 Å². The normalized spacial score (nSPS) is 20.0. The number of pyridine rings is 1. The lowest BCUT2D eigenvalue weighted by atomic mass is 9.90. The fourth-order valence-electron chi connectivity index (χ4n) is 3.51. The van der Waals surface area contributed by atoms with E-state index in [1.165, 1.54) is 0 Å². The summed E-state index contributed by atoms with van der Waals surface area (Å²) in [4.78, 5) is 30.8. The van der Waals surface area contributed by atoms with Gasteiger partial charge in [-0.25, -0.2) is 4.98 Å². The first-order valence-corrected chi connectivity index (χ1v) is 8.36. The maximum absolute atomic E-state index is 12.9. The lowest BCUT2D eigenvalue weighted by molar-refractivity contribution is -0.121. The van der Waals surface area contributed by atoms with E-state index in [0.717, 1.165) is 11.3 Å². The molecule has 1 aliphatic heterocycles. The summed E-state index contributed by atoms with van der Waals surface area (Å²) in [5, 5.41) is 4.15. The molecule has 2 atom stereocenters. The Labute approximate surface area is 149 Å². The second kappa shape index (κ2) is 5.98. The summed E-state index contributed by atoms with van der Waals surface area (Å²) in [5.41, 5.74) is 8.53. The molecule has 26 heavy (non-hydrogen) atoms. The number of rotatable bonds is 3. The van der Waals surface area contributed by atoms with Crippen molar-refractivity contribution in [3.8, 4) is 0 Å². The Balaban J connectivity index is 1.62. The predicted molar refractivity (Wildman–Crippen MR) is 93.3 cm³/mol. The van der Waals surface area contributed by atoms with Crippen LogP contribution >= 0.6 is 0 Å². The van der Waals surface area contributed by atoms with E-state index in [0.29, 0.717) is 17.6 Å². The molecule has 0 unspecified atom stereocenters. The Morgan fingerprint density at radius 2 is 2.12 bits per heavy atom. The summed E-state index contributed by atoms with van der Waals surface area (Å²) < 4.78 is 7.32. The number of nitrogens with two attached hydrogens (primary N) is 1. The summed E-state index contributed by atoms with van der Waals surface area (Å²) in [7, 11) is 1.81. The molecule has 8 nitrogen and oxygen atoms in total. The number of amides is 2. The number of furan rings is 1. The molecule has 1 saturated heterocycles. The number of likely N-dealkylation sites (tertiary alicyclic amines) is 1. The van der Waals surface area contributed by atoms with Crippen molar-refractivity contribution in [2.24, 2.45) is 18.7 Å². The summed E-state index contributed by atoms with van der Waals surface area (Å²) in [5.74, 6) is -1.09. The molecule has 8 heteroatoms. The van der Waals surface area contributed by atoms with Crippen LogP contribution in [0.5, 0.6) is 0 Å². The van der Waals surface area contributed by atoms with Gasteiger partial charge in [0.2, 0.25) is 5.91 Å². The van der Waals surface area contributed by atoms with Crippen LogP contribution in [0.4, 0.5) is 0 Å². The topological polar surface area (TPSA) is 107 Å². The molecular weight excluding hydrogens is 334 g/mol. The third-order valence-electron chi connectivity index (χ3n) is 4.85. The number of carbonyl (C=O) groups excluding carboxylic acids is 2. The maximum Gasteiger partial charge on any atom is 0.289 e. The van der Waals surface area contributed by atoms with E-state index in [1.807, 2.05) is 26.2 Å². The molecule has 3 aromatic heterocycles. The van der Waals surface area contributed by atoms with Crippen LogP contribution in [0.15, 0.2) is 35.0 Å². The third kappa shape index (κ3) is 2.73. The molecule has 2 N–H and O–H groups in total. The zero-order valence-electron chi connectivity index (χ0n) is 14.5. The van der Waals surface area contributed by atoms with Crippen LogP contribution in [0.2, 0.25) is 0 Å². The average Bonchev–Trinajstić information content (AvgIpc) is 3.30. The maximum atomic E-state index is 12.9. The first kappa shape index (κ1) is 16.3. The van der Waals surface area contributed by atoms with Gasteiger partial charge in [0.05, 0.1) is 12.1 Å². The van der Waals surface area contributed by atoms with Crippen LogP contribution in [0, 0.1) is 12.8 Å². The highest BCUT2D eigenvalue weighted by Crippen LogP contribution is 2.33. The van der Waals surface area contributed by atoms with E-state index >= 15 is 0 Å². The molecule has 0 radical (unpaired) electrons. The molecule has 0 aliphatic carbocycles. The molecule has 0 saturated carbocycles. The highest BCUT2D eigenvalue weighted by molar-refractivity contribution is 5.96. The fourth-order valence-corrected chi connectivity index (χ4v) is 3.51. The van der Waals surface area contributed by atoms with Crippen LogP contribution in [-0.4, -0.2) is 44.6 Å². The molecule has 0 aromatic carbocycles. The fraction of sp³-hybridized carbons (Fsp3) is 0.333. The van der Waals surface area contributed by atoms with Crippen LogP contribution in [-0.2, 0) is 11.8 Å². The van der Waals surface area contributed by atoms with Gasteiger partial charge >= 0.3 is 0 Å². The number of primary amides is 1. The predicted octanol–water partition coefficient (Wildman–Crippen LogP) is 1.21. The molecule has 2 amide bonds. The number of carbonyl (C=O) groups is 2. The van der Waals surface area contributed by atoms with E-state index in [-0.39, 0.29) is 24.1 Å². The summed E-state index contributed by atoms with van der Waals surface area (Å²) in [6.45, 7) is 2.53. The van der Waals surface area contributed by atoms with Crippen molar-refractivity contribution in [3.63, 3.8) is 0 Å². The Hall–Kier alpha value is -3.16. The Kier molecular flexibility index (Phi) is 3.75. The molecule has 0 bridgehead atoms. The van der Waals surface area contributed by atoms with Crippen molar-refractivity contribution in [2.45, 2.75) is 12.8 Å². The van der Waals surface area contributed by atoms with Crippen molar-refractivity contribution < 1.29 is 14.0 Å². The standard InChI is InChI=1S/C18H19N5O3/c1-10-3-4-15-14(21-10)5-16(26-15)18(25)23-8-12(13(9-23)17(19)24)11-6-20-22(2)7-11/h3-7,12-13H,8-9H2,1-2H3,(H2,19,24)/t12-,13+/m1/s1. The molecule has 1 fully saturated rings. The van der Waals surface area contributed by atoms with E-state index in [4.69, 9.17) is 10.2 Å². The molecule has 4 rings (SSSR count). The SMILES string of the molecule is Cc1ccc2oc(C(=O)N3C[C@H](C(N)=O)[C@@H](c4cnn(C)c4)C3)cc2n1. The van der Waals surface area contributed by atoms with Gasteiger partial charge in [0, 0.05) is 44.0 Å². The van der Waals surface area contributed by atoms with Gasteiger partial charge in [-0.2, -0.15) is 5.10 Å². The Morgan fingerprint density at radius 1 is 1.31 bits per heavy atom. The van der Waals surface area contributed by atoms with E-state index in [2.05, 4.69) is 10.1 Å². The molecule has 1 aliphatic rings. The minimum absolute atomic E-state index is 0.171. The van der Waals surface area contributed by atoms with E-state index in [9.17, 15) is 9.59 Å². The number of hydrogen-bond donors (Lipinski definition) is 1. The van der Waals surface area contributed by atoms with Crippen LogP contribution < -0.4 is 5.73 Å². The zero-order chi connectivity index (χ0) is 18.4. The van der Waals surface area contributed by atoms with Crippen molar-refractivity contribution in [2.75, 3.05) is 13.1 Å². The Bertz CT molecular complexity index is 1010. The van der Waals surface area contributed by atoms with Gasteiger partial charge in [-0.1, -0.05) is 0 Å². The van der Waals surface area contributed by atoms with Gasteiger partial charge in [-0.15, -0.1) is 0 Å². The second-order valence-corrected chi connectivity index (χ2v) is 6.72. The van der Waals surface area contributed by atoms with Gasteiger partial charge in [0.1, 0.15) is 5.52 Å². The quantitative estimate of drug-likeness (QED) is 0.761. The van der Waals surface area contributed by atoms with Gasteiger partial charge in [-0.05, 0) is 24.6 Å². The summed E-state index contributed by atoms with van der Waals surface area (Å²) in [6, 6.07) is 5.27. The second-order valence-electron chi connectivity index (χ2n) is 6.72. The van der Waals surface area contributed by atoms with E-state index in [1.54, 1.807) is 27.9 Å². The zero-order valence-corrected chi connectivity index (χ0v) is 14.5. The first-order chi connectivity index (χ1) is 12.4. The summed E-state index contributed by atoms with van der Waals surface area (Å²) >= 11 is 0. The van der Waals surface area contributed by atoms with E-state index < -0.39 is 11.8 Å². The average molecular weight is 353 g/mol. The Morgan fingerprint density at radius 3 is 2.81 bits per heavy atom. The van der Waals surface area contributed by atoms with Gasteiger partial charge < -0.3 is 15.1 Å².